The summed E-state index contributed by atoms with van der Waals surface area (Å²) >= 11 is 0. The summed E-state index contributed by atoms with van der Waals surface area (Å²) in [5, 5.41) is 48.5. The second-order valence-electron chi connectivity index (χ2n) is 7.78. The van der Waals surface area contributed by atoms with Crippen molar-refractivity contribution in [2.24, 2.45) is 0 Å². The van der Waals surface area contributed by atoms with Gasteiger partial charge >= 0.3 is 5.97 Å². The van der Waals surface area contributed by atoms with Crippen LogP contribution in [0.25, 0.3) is 0 Å². The third-order valence-electron chi connectivity index (χ3n) is 4.34. The largest absolute Gasteiger partial charge is 0.481 e. The number of unbranched alkanes of at least 4 members (excludes halogenated alkanes) is 11. The van der Waals surface area contributed by atoms with Crippen molar-refractivity contribution in [2.75, 3.05) is 19.8 Å². The predicted molar refractivity (Wildman–Crippen MR) is 126 cm³/mol. The summed E-state index contributed by atoms with van der Waals surface area (Å²) in [4.78, 5) is 10.3. The van der Waals surface area contributed by atoms with Gasteiger partial charge in [0.1, 0.15) is 6.10 Å². The third-order valence-corrected chi connectivity index (χ3v) is 4.34. The predicted octanol–water partition coefficient (Wildman–Crippen LogP) is 3.80. The van der Waals surface area contributed by atoms with Crippen LogP contribution in [0.2, 0.25) is 0 Å². The first-order valence-electron chi connectivity index (χ1n) is 11.9. The monoisotopic (exact) mass is 450 g/mol. The van der Waals surface area contributed by atoms with E-state index in [0.717, 1.165) is 12.8 Å². The third kappa shape index (κ3) is 43.7. The molecular weight excluding hydrogens is 400 g/mol. The van der Waals surface area contributed by atoms with Crippen LogP contribution in [0.1, 0.15) is 104 Å². The summed E-state index contributed by atoms with van der Waals surface area (Å²) in [6, 6.07) is 0. The highest BCUT2D eigenvalue weighted by atomic mass is 16.4. The van der Waals surface area contributed by atoms with Crippen molar-refractivity contribution < 1.29 is 35.4 Å². The number of aliphatic carboxylic acids is 1. The first kappa shape index (κ1) is 34.6. The topological polar surface area (TPSA) is 138 Å². The lowest BCUT2D eigenvalue weighted by atomic mass is 10.1. The molecule has 0 heterocycles. The van der Waals surface area contributed by atoms with Gasteiger partial charge in [-0.25, -0.2) is 0 Å². The van der Waals surface area contributed by atoms with E-state index < -0.39 is 18.2 Å². The number of hydrogen-bond acceptors (Lipinski definition) is 6. The molecule has 0 aromatic heterocycles. The maximum absolute atomic E-state index is 10.3. The van der Waals surface area contributed by atoms with Gasteiger partial charge in [-0.2, -0.15) is 0 Å². The number of aliphatic hydroxyl groups excluding tert-OH is 5. The van der Waals surface area contributed by atoms with E-state index in [9.17, 15) is 4.79 Å². The van der Waals surface area contributed by atoms with Gasteiger partial charge in [0.2, 0.25) is 0 Å². The fourth-order valence-corrected chi connectivity index (χ4v) is 2.40. The van der Waals surface area contributed by atoms with Crippen LogP contribution >= 0.6 is 0 Å². The Morgan fingerprint density at radius 1 is 0.710 bits per heavy atom. The van der Waals surface area contributed by atoms with Crippen molar-refractivity contribution in [3.05, 3.63) is 12.2 Å². The first-order chi connectivity index (χ1) is 14.8. The van der Waals surface area contributed by atoms with Gasteiger partial charge in [0.25, 0.3) is 0 Å². The minimum absolute atomic E-state index is 0.139. The lowest BCUT2D eigenvalue weighted by molar-refractivity contribution is -0.137. The standard InChI is InChI=1S/C18H34O2.C3H8O3.C3H8O2/c1-2-3-4-5-6-7-8-9-10-11-12-13-14-15-16-17-18(19)20;4-1-3(6)2-5;1-3(5)2-4/h9-10H,2-8,11-17H2,1H3,(H,19,20);3-6H,1-2H2;3-5H,2H2,1H3/b10-9-;;. The molecular formula is C24H50O7. The van der Waals surface area contributed by atoms with Crippen LogP contribution in [-0.4, -0.2) is 68.6 Å². The van der Waals surface area contributed by atoms with Gasteiger partial charge < -0.3 is 30.6 Å². The van der Waals surface area contributed by atoms with E-state index in [0.29, 0.717) is 6.42 Å². The molecule has 0 saturated heterocycles. The molecule has 6 N–H and O–H groups in total. The number of carbonyl (C=O) groups is 1. The van der Waals surface area contributed by atoms with Crippen LogP contribution in [0.3, 0.4) is 0 Å². The van der Waals surface area contributed by atoms with E-state index >= 15 is 0 Å². The summed E-state index contributed by atoms with van der Waals surface area (Å²) in [5.74, 6) is -0.664. The molecule has 0 aliphatic heterocycles. The minimum Gasteiger partial charge on any atom is -0.481 e. The Kier molecular flexibility index (Phi) is 34.8. The summed E-state index contributed by atoms with van der Waals surface area (Å²) < 4.78 is 0. The molecule has 0 fully saturated rings. The summed E-state index contributed by atoms with van der Waals surface area (Å²) in [5.41, 5.74) is 0. The SMILES string of the molecule is CC(O)CO.CCCCCCCC/C=C\CCCCCCCC(=O)O.OCC(O)CO. The van der Waals surface area contributed by atoms with Crippen LogP contribution in [0, 0.1) is 0 Å². The highest BCUT2D eigenvalue weighted by Crippen LogP contribution is 2.09. The van der Waals surface area contributed by atoms with Crippen molar-refractivity contribution in [1.29, 1.82) is 0 Å². The van der Waals surface area contributed by atoms with Gasteiger partial charge in [-0.05, 0) is 39.0 Å². The second-order valence-corrected chi connectivity index (χ2v) is 7.78. The number of allylic oxidation sites excluding steroid dienone is 2. The Bertz CT molecular complexity index is 356. The maximum atomic E-state index is 10.3. The summed E-state index contributed by atoms with van der Waals surface area (Å²) in [6.07, 6.45) is 19.7. The molecule has 0 rings (SSSR count). The summed E-state index contributed by atoms with van der Waals surface area (Å²) in [7, 11) is 0. The number of aliphatic hydroxyl groups is 5. The van der Waals surface area contributed by atoms with Gasteiger partial charge in [-0.1, -0.05) is 70.4 Å². The number of carboxylic acid groups (broad SMARTS) is 1. The van der Waals surface area contributed by atoms with Crippen molar-refractivity contribution in [3.63, 3.8) is 0 Å². The highest BCUT2D eigenvalue weighted by molar-refractivity contribution is 5.66. The maximum Gasteiger partial charge on any atom is 0.303 e. The molecule has 188 valence electrons. The normalized spacial score (nSPS) is 11.6. The van der Waals surface area contributed by atoms with Crippen molar-refractivity contribution in [2.45, 2.75) is 116 Å². The second kappa shape index (κ2) is 31.2. The van der Waals surface area contributed by atoms with Gasteiger partial charge in [0, 0.05) is 6.42 Å². The van der Waals surface area contributed by atoms with Crippen molar-refractivity contribution >= 4 is 5.97 Å². The molecule has 0 bridgehead atoms. The molecule has 0 aliphatic carbocycles. The Morgan fingerprint density at radius 2 is 1.10 bits per heavy atom. The van der Waals surface area contributed by atoms with Crippen LogP contribution in [0.4, 0.5) is 0 Å². The first-order valence-corrected chi connectivity index (χ1v) is 11.9. The van der Waals surface area contributed by atoms with E-state index in [1.165, 1.54) is 77.6 Å². The molecule has 0 radical (unpaired) electrons. The molecule has 0 aromatic carbocycles. The van der Waals surface area contributed by atoms with E-state index in [1.807, 2.05) is 0 Å². The quantitative estimate of drug-likeness (QED) is 0.138. The summed E-state index contributed by atoms with van der Waals surface area (Å²) in [6.45, 7) is 2.92. The minimum atomic E-state index is -0.954. The number of hydrogen-bond donors (Lipinski definition) is 6. The van der Waals surface area contributed by atoms with E-state index in [-0.39, 0.29) is 19.8 Å². The van der Waals surface area contributed by atoms with Gasteiger partial charge in [0.15, 0.2) is 0 Å². The molecule has 7 heteroatoms. The molecule has 0 spiro atoms. The molecule has 0 aliphatic rings. The van der Waals surface area contributed by atoms with Crippen LogP contribution in [0.5, 0.6) is 0 Å². The molecule has 0 saturated carbocycles. The van der Waals surface area contributed by atoms with Gasteiger partial charge in [-0.3, -0.25) is 4.79 Å². The van der Waals surface area contributed by atoms with Gasteiger partial charge in [-0.15, -0.1) is 0 Å². The molecule has 1 atom stereocenters. The molecule has 7 nitrogen and oxygen atoms in total. The highest BCUT2D eigenvalue weighted by Gasteiger charge is 1.96. The van der Waals surface area contributed by atoms with E-state index in [1.54, 1.807) is 0 Å². The Balaban J connectivity index is -0.000000583. The fraction of sp³-hybridized carbons (Fsp3) is 0.875. The molecule has 0 aromatic rings. The molecule has 31 heavy (non-hydrogen) atoms. The lowest BCUT2D eigenvalue weighted by Gasteiger charge is -1.99. The smallest absolute Gasteiger partial charge is 0.303 e. The fourth-order valence-electron chi connectivity index (χ4n) is 2.40. The van der Waals surface area contributed by atoms with E-state index in [2.05, 4.69) is 19.1 Å². The Morgan fingerprint density at radius 3 is 1.42 bits per heavy atom. The number of carboxylic acids is 1. The Labute approximate surface area is 189 Å². The lowest BCUT2D eigenvalue weighted by Crippen LogP contribution is -2.15. The van der Waals surface area contributed by atoms with Crippen LogP contribution < -0.4 is 0 Å². The number of rotatable bonds is 18. The molecule has 1 unspecified atom stereocenters. The van der Waals surface area contributed by atoms with Crippen LogP contribution in [0.15, 0.2) is 12.2 Å². The zero-order chi connectivity index (χ0) is 24.2. The molecule has 0 amide bonds. The average Bonchev–Trinajstić information content (AvgIpc) is 2.76. The van der Waals surface area contributed by atoms with E-state index in [4.69, 9.17) is 30.6 Å². The van der Waals surface area contributed by atoms with Crippen molar-refractivity contribution in [1.82, 2.24) is 0 Å². The van der Waals surface area contributed by atoms with Gasteiger partial charge in [0.05, 0.1) is 25.9 Å². The van der Waals surface area contributed by atoms with Crippen LogP contribution in [-0.2, 0) is 4.79 Å². The zero-order valence-corrected chi connectivity index (χ0v) is 19.9. The van der Waals surface area contributed by atoms with Crippen molar-refractivity contribution in [3.8, 4) is 0 Å². The Hall–Kier alpha value is -0.990. The zero-order valence-electron chi connectivity index (χ0n) is 19.9. The average molecular weight is 451 g/mol.